The topological polar surface area (TPSA) is 104 Å². The first-order chi connectivity index (χ1) is 18.3. The standard InChI is InChI=1S/C29H35NO8/c1-17(2)37-13-7-11-30-25(20-15-22(34-3)28(36-5)23(16-20)35-4)24(27(32)29(30)33)26(31)19-9-10-21-18(14-19)8-6-12-38-21/h9-10,14-17,25,31H,6-8,11-13H2,1-5H3/b26-24+. The van der Waals surface area contributed by atoms with Gasteiger partial charge in [-0.1, -0.05) is 0 Å². The number of Topliss-reactive ketones (excluding diaryl/α,β-unsaturated/α-hetero) is 1. The molecule has 1 atom stereocenters. The highest BCUT2D eigenvalue weighted by Crippen LogP contribution is 2.46. The van der Waals surface area contributed by atoms with Crippen LogP contribution in [-0.4, -0.2) is 68.9 Å². The van der Waals surface area contributed by atoms with E-state index in [1.807, 2.05) is 19.9 Å². The van der Waals surface area contributed by atoms with Crippen LogP contribution in [0.5, 0.6) is 23.0 Å². The number of carbonyl (C=O) groups excluding carboxylic acids is 2. The Labute approximate surface area is 222 Å². The molecule has 2 aliphatic rings. The Morgan fingerprint density at radius 2 is 1.79 bits per heavy atom. The average molecular weight is 526 g/mol. The maximum absolute atomic E-state index is 13.4. The summed E-state index contributed by atoms with van der Waals surface area (Å²) < 4.78 is 27.9. The number of methoxy groups -OCH3 is 3. The highest BCUT2D eigenvalue weighted by Gasteiger charge is 2.46. The quantitative estimate of drug-likeness (QED) is 0.212. The fourth-order valence-corrected chi connectivity index (χ4v) is 4.93. The Morgan fingerprint density at radius 1 is 1.08 bits per heavy atom. The number of hydrogen-bond donors (Lipinski definition) is 1. The van der Waals surface area contributed by atoms with Gasteiger partial charge in [-0.15, -0.1) is 0 Å². The van der Waals surface area contributed by atoms with Crippen LogP contribution in [-0.2, 0) is 20.7 Å². The summed E-state index contributed by atoms with van der Waals surface area (Å²) in [4.78, 5) is 28.2. The highest BCUT2D eigenvalue weighted by molar-refractivity contribution is 6.46. The van der Waals surface area contributed by atoms with Crippen molar-refractivity contribution in [1.82, 2.24) is 4.90 Å². The molecule has 38 heavy (non-hydrogen) atoms. The summed E-state index contributed by atoms with van der Waals surface area (Å²) in [6, 6.07) is 7.84. The second kappa shape index (κ2) is 11.8. The first kappa shape index (κ1) is 27.3. The highest BCUT2D eigenvalue weighted by atomic mass is 16.5. The van der Waals surface area contributed by atoms with Crippen molar-refractivity contribution in [3.8, 4) is 23.0 Å². The molecule has 0 aliphatic carbocycles. The molecule has 0 radical (unpaired) electrons. The predicted octanol–water partition coefficient (Wildman–Crippen LogP) is 4.27. The van der Waals surface area contributed by atoms with E-state index in [9.17, 15) is 14.7 Å². The van der Waals surface area contributed by atoms with Gasteiger partial charge >= 0.3 is 0 Å². The SMILES string of the molecule is COc1cc(C2/C(=C(\O)c3ccc4c(c3)CCCO4)C(=O)C(=O)N2CCCOC(C)C)cc(OC)c1OC. The molecular formula is C29H35NO8. The van der Waals surface area contributed by atoms with E-state index in [2.05, 4.69) is 0 Å². The average Bonchev–Trinajstić information content (AvgIpc) is 3.18. The van der Waals surface area contributed by atoms with Gasteiger partial charge in [-0.05, 0) is 74.6 Å². The molecule has 1 amide bonds. The van der Waals surface area contributed by atoms with E-state index in [1.165, 1.54) is 26.2 Å². The largest absolute Gasteiger partial charge is 0.507 e. The number of hydrogen-bond acceptors (Lipinski definition) is 8. The lowest BCUT2D eigenvalue weighted by Crippen LogP contribution is -2.31. The number of aryl methyl sites for hydroxylation is 1. The summed E-state index contributed by atoms with van der Waals surface area (Å²) in [7, 11) is 4.49. The van der Waals surface area contributed by atoms with Crippen molar-refractivity contribution < 1.29 is 38.4 Å². The van der Waals surface area contributed by atoms with Gasteiger partial charge in [0.2, 0.25) is 5.75 Å². The number of aliphatic hydroxyl groups excluding tert-OH is 1. The zero-order chi connectivity index (χ0) is 27.4. The lowest BCUT2D eigenvalue weighted by atomic mass is 9.93. The molecule has 0 spiro atoms. The zero-order valence-corrected chi connectivity index (χ0v) is 22.5. The van der Waals surface area contributed by atoms with Crippen LogP contribution in [0.2, 0.25) is 0 Å². The second-order valence-electron chi connectivity index (χ2n) is 9.50. The third-order valence-corrected chi connectivity index (χ3v) is 6.72. The van der Waals surface area contributed by atoms with Crippen LogP contribution < -0.4 is 18.9 Å². The second-order valence-corrected chi connectivity index (χ2v) is 9.50. The Kier molecular flexibility index (Phi) is 8.46. The monoisotopic (exact) mass is 525 g/mol. The predicted molar refractivity (Wildman–Crippen MR) is 141 cm³/mol. The van der Waals surface area contributed by atoms with E-state index in [4.69, 9.17) is 23.7 Å². The normalized spacial score (nSPS) is 18.4. The van der Waals surface area contributed by atoms with Crippen molar-refractivity contribution in [3.05, 3.63) is 52.6 Å². The third-order valence-electron chi connectivity index (χ3n) is 6.72. The molecule has 1 N–H and O–H groups in total. The molecule has 1 fully saturated rings. The number of nitrogens with zero attached hydrogens (tertiary/aromatic N) is 1. The van der Waals surface area contributed by atoms with E-state index in [1.54, 1.807) is 24.3 Å². The number of fused-ring (bicyclic) bond motifs is 1. The lowest BCUT2D eigenvalue weighted by Gasteiger charge is -2.27. The van der Waals surface area contributed by atoms with Crippen LogP contribution in [0.1, 0.15) is 49.4 Å². The fraction of sp³-hybridized carbons (Fsp3) is 0.448. The van der Waals surface area contributed by atoms with Crippen molar-refractivity contribution in [3.63, 3.8) is 0 Å². The molecule has 2 heterocycles. The molecule has 2 aromatic carbocycles. The van der Waals surface area contributed by atoms with Crippen molar-refractivity contribution >= 4 is 17.4 Å². The van der Waals surface area contributed by atoms with E-state index in [-0.39, 0.29) is 24.0 Å². The summed E-state index contributed by atoms with van der Waals surface area (Å²) >= 11 is 0. The van der Waals surface area contributed by atoms with Crippen molar-refractivity contribution in [1.29, 1.82) is 0 Å². The van der Waals surface area contributed by atoms with Crippen LogP contribution in [0.4, 0.5) is 0 Å². The smallest absolute Gasteiger partial charge is 0.295 e. The van der Waals surface area contributed by atoms with Gasteiger partial charge in [0.1, 0.15) is 11.5 Å². The van der Waals surface area contributed by atoms with Crippen LogP contribution in [0.15, 0.2) is 35.9 Å². The Morgan fingerprint density at radius 3 is 2.42 bits per heavy atom. The molecule has 0 bridgehead atoms. The summed E-state index contributed by atoms with van der Waals surface area (Å²) in [5.74, 6) is 0.228. The molecule has 1 unspecified atom stereocenters. The van der Waals surface area contributed by atoms with E-state index in [0.717, 1.165) is 24.2 Å². The van der Waals surface area contributed by atoms with Crippen LogP contribution in [0.25, 0.3) is 5.76 Å². The third kappa shape index (κ3) is 5.29. The molecule has 2 aromatic rings. The number of aliphatic hydroxyl groups is 1. The van der Waals surface area contributed by atoms with Gasteiger partial charge in [0, 0.05) is 18.7 Å². The van der Waals surface area contributed by atoms with Gasteiger partial charge in [-0.3, -0.25) is 9.59 Å². The number of ether oxygens (including phenoxy) is 5. The Bertz CT molecular complexity index is 1210. The number of ketones is 1. The minimum Gasteiger partial charge on any atom is -0.507 e. The molecule has 0 saturated carbocycles. The molecule has 9 nitrogen and oxygen atoms in total. The molecular weight excluding hydrogens is 490 g/mol. The van der Waals surface area contributed by atoms with Gasteiger partial charge in [0.15, 0.2) is 11.5 Å². The summed E-state index contributed by atoms with van der Waals surface area (Å²) in [5.41, 5.74) is 1.95. The Balaban J connectivity index is 1.84. The van der Waals surface area contributed by atoms with Gasteiger partial charge in [-0.2, -0.15) is 0 Å². The molecule has 4 rings (SSSR count). The maximum Gasteiger partial charge on any atom is 0.295 e. The van der Waals surface area contributed by atoms with Crippen LogP contribution in [0, 0.1) is 0 Å². The van der Waals surface area contributed by atoms with Crippen LogP contribution in [0.3, 0.4) is 0 Å². The lowest BCUT2D eigenvalue weighted by molar-refractivity contribution is -0.140. The first-order valence-corrected chi connectivity index (χ1v) is 12.8. The van der Waals surface area contributed by atoms with Gasteiger partial charge in [0.05, 0.1) is 45.7 Å². The molecule has 2 aliphatic heterocycles. The summed E-state index contributed by atoms with van der Waals surface area (Å²) in [6.07, 6.45) is 2.23. The van der Waals surface area contributed by atoms with E-state index < -0.39 is 17.7 Å². The molecule has 9 heteroatoms. The first-order valence-electron chi connectivity index (χ1n) is 12.8. The minimum absolute atomic E-state index is 0.00530. The minimum atomic E-state index is -0.866. The molecule has 204 valence electrons. The van der Waals surface area contributed by atoms with Crippen molar-refractivity contribution in [2.75, 3.05) is 41.1 Å². The number of amides is 1. The maximum atomic E-state index is 13.4. The summed E-state index contributed by atoms with van der Waals surface area (Å²) in [5, 5.41) is 11.5. The van der Waals surface area contributed by atoms with Gasteiger partial charge in [-0.25, -0.2) is 0 Å². The van der Waals surface area contributed by atoms with Crippen LogP contribution >= 0.6 is 0 Å². The van der Waals surface area contributed by atoms with Gasteiger partial charge < -0.3 is 33.7 Å². The fourth-order valence-electron chi connectivity index (χ4n) is 4.93. The molecule has 0 aromatic heterocycles. The Hall–Kier alpha value is -3.72. The zero-order valence-electron chi connectivity index (χ0n) is 22.5. The number of likely N-dealkylation sites (tertiary alicyclic amines) is 1. The van der Waals surface area contributed by atoms with Crippen molar-refractivity contribution in [2.24, 2.45) is 0 Å². The number of rotatable bonds is 10. The number of benzene rings is 2. The summed E-state index contributed by atoms with van der Waals surface area (Å²) in [6.45, 7) is 5.20. The van der Waals surface area contributed by atoms with Crippen molar-refractivity contribution in [2.45, 2.75) is 45.3 Å². The van der Waals surface area contributed by atoms with Gasteiger partial charge in [0.25, 0.3) is 11.7 Å². The van der Waals surface area contributed by atoms with E-state index in [0.29, 0.717) is 48.0 Å². The number of carbonyl (C=O) groups is 2. The molecule has 1 saturated heterocycles. The van der Waals surface area contributed by atoms with E-state index >= 15 is 0 Å².